The van der Waals surface area contributed by atoms with Crippen molar-refractivity contribution in [2.45, 2.75) is 57.8 Å². The molecule has 0 radical (unpaired) electrons. The van der Waals surface area contributed by atoms with Crippen LogP contribution in [-0.4, -0.2) is 23.9 Å². The van der Waals surface area contributed by atoms with Crippen LogP contribution in [0.3, 0.4) is 0 Å². The zero-order chi connectivity index (χ0) is 15.5. The smallest absolute Gasteiger partial charge is 0.119 e. The molecule has 1 aliphatic rings. The molecule has 1 aromatic carbocycles. The lowest BCUT2D eigenvalue weighted by molar-refractivity contribution is -0.0781. The third-order valence-corrected chi connectivity index (χ3v) is 4.28. The van der Waals surface area contributed by atoms with Gasteiger partial charge in [0.15, 0.2) is 0 Å². The van der Waals surface area contributed by atoms with Crippen molar-refractivity contribution in [3.63, 3.8) is 0 Å². The number of benzene rings is 1. The number of ether oxygens (including phenoxy) is 2. The van der Waals surface area contributed by atoms with E-state index in [-0.39, 0.29) is 17.2 Å². The van der Waals surface area contributed by atoms with Crippen molar-refractivity contribution >= 4 is 0 Å². The SMILES string of the molecule is CC1(C)CC(C(CCOc2ccccc2)NN)C(C)(C)O1. The van der Waals surface area contributed by atoms with Gasteiger partial charge in [0.2, 0.25) is 0 Å². The minimum atomic E-state index is -0.173. The minimum absolute atomic E-state index is 0.0937. The summed E-state index contributed by atoms with van der Waals surface area (Å²) in [4.78, 5) is 0. The first kappa shape index (κ1) is 16.3. The highest BCUT2D eigenvalue weighted by Gasteiger charge is 2.48. The van der Waals surface area contributed by atoms with Crippen LogP contribution in [0.2, 0.25) is 0 Å². The molecule has 0 bridgehead atoms. The van der Waals surface area contributed by atoms with E-state index in [0.717, 1.165) is 18.6 Å². The molecular formula is C17H28N2O2. The van der Waals surface area contributed by atoms with E-state index in [1.165, 1.54) is 0 Å². The lowest BCUT2D eigenvalue weighted by Crippen LogP contribution is -2.47. The first-order valence-corrected chi connectivity index (χ1v) is 7.68. The summed E-state index contributed by atoms with van der Waals surface area (Å²) >= 11 is 0. The Labute approximate surface area is 128 Å². The summed E-state index contributed by atoms with van der Waals surface area (Å²) in [6.07, 6.45) is 1.86. The van der Waals surface area contributed by atoms with Crippen LogP contribution < -0.4 is 16.0 Å². The molecule has 0 amide bonds. The van der Waals surface area contributed by atoms with Crippen molar-refractivity contribution in [3.05, 3.63) is 30.3 Å². The zero-order valence-corrected chi connectivity index (χ0v) is 13.6. The number of rotatable bonds is 6. The Balaban J connectivity index is 1.91. The number of nitrogens with one attached hydrogen (secondary N) is 1. The maximum atomic E-state index is 6.16. The summed E-state index contributed by atoms with van der Waals surface area (Å²) in [6, 6.07) is 10.1. The zero-order valence-electron chi connectivity index (χ0n) is 13.6. The fourth-order valence-electron chi connectivity index (χ4n) is 3.45. The Morgan fingerprint density at radius 1 is 1.29 bits per heavy atom. The van der Waals surface area contributed by atoms with Gasteiger partial charge in [-0.1, -0.05) is 18.2 Å². The van der Waals surface area contributed by atoms with Gasteiger partial charge in [0.1, 0.15) is 5.75 Å². The van der Waals surface area contributed by atoms with Crippen LogP contribution >= 0.6 is 0 Å². The van der Waals surface area contributed by atoms with Gasteiger partial charge >= 0.3 is 0 Å². The summed E-state index contributed by atoms with van der Waals surface area (Å²) in [7, 11) is 0. The van der Waals surface area contributed by atoms with Crippen LogP contribution in [0, 0.1) is 5.92 Å². The normalized spacial score (nSPS) is 24.7. The molecule has 2 rings (SSSR count). The van der Waals surface area contributed by atoms with E-state index < -0.39 is 0 Å². The van der Waals surface area contributed by atoms with Gasteiger partial charge in [-0.2, -0.15) is 0 Å². The van der Waals surface area contributed by atoms with Crippen LogP contribution in [0.5, 0.6) is 5.75 Å². The second-order valence-corrected chi connectivity index (χ2v) is 7.00. The van der Waals surface area contributed by atoms with Crippen LogP contribution in [0.4, 0.5) is 0 Å². The molecule has 4 nitrogen and oxygen atoms in total. The number of hydrazine groups is 1. The molecule has 1 saturated heterocycles. The van der Waals surface area contributed by atoms with Gasteiger partial charge in [-0.15, -0.1) is 0 Å². The Morgan fingerprint density at radius 2 is 1.95 bits per heavy atom. The van der Waals surface area contributed by atoms with Gasteiger partial charge in [0, 0.05) is 12.0 Å². The van der Waals surface area contributed by atoms with Gasteiger partial charge in [0.25, 0.3) is 0 Å². The number of nitrogens with two attached hydrogens (primary N) is 1. The van der Waals surface area contributed by atoms with Crippen LogP contribution in [0.1, 0.15) is 40.5 Å². The highest BCUT2D eigenvalue weighted by atomic mass is 16.5. The Kier molecular flexibility index (Phi) is 4.91. The van der Waals surface area contributed by atoms with Crippen molar-refractivity contribution in [2.24, 2.45) is 11.8 Å². The standard InChI is InChI=1S/C17H28N2O2/c1-16(2)12-14(17(3,4)21-16)15(19-18)10-11-20-13-8-6-5-7-9-13/h5-9,14-15,19H,10-12,18H2,1-4H3. The maximum Gasteiger partial charge on any atom is 0.119 e. The van der Waals surface area contributed by atoms with Gasteiger partial charge < -0.3 is 9.47 Å². The topological polar surface area (TPSA) is 56.5 Å². The monoisotopic (exact) mass is 292 g/mol. The first-order valence-electron chi connectivity index (χ1n) is 7.68. The summed E-state index contributed by atoms with van der Waals surface area (Å²) in [5.41, 5.74) is 2.70. The highest BCUT2D eigenvalue weighted by Crippen LogP contribution is 2.44. The molecule has 2 unspecified atom stereocenters. The molecule has 1 aliphatic heterocycles. The number of para-hydroxylation sites is 1. The quantitative estimate of drug-likeness (QED) is 0.625. The molecule has 1 heterocycles. The molecule has 21 heavy (non-hydrogen) atoms. The molecule has 0 aliphatic carbocycles. The number of hydrogen-bond donors (Lipinski definition) is 2. The van der Waals surface area contributed by atoms with Crippen LogP contribution in [-0.2, 0) is 4.74 Å². The minimum Gasteiger partial charge on any atom is -0.494 e. The van der Waals surface area contributed by atoms with Crippen molar-refractivity contribution in [2.75, 3.05) is 6.61 Å². The second-order valence-electron chi connectivity index (χ2n) is 7.00. The van der Waals surface area contributed by atoms with E-state index >= 15 is 0 Å². The van der Waals surface area contributed by atoms with Crippen LogP contribution in [0.15, 0.2) is 30.3 Å². The average Bonchev–Trinajstić information content (AvgIpc) is 2.64. The third-order valence-electron chi connectivity index (χ3n) is 4.28. The Bertz CT molecular complexity index is 445. The van der Waals surface area contributed by atoms with Gasteiger partial charge in [-0.3, -0.25) is 11.3 Å². The fraction of sp³-hybridized carbons (Fsp3) is 0.647. The summed E-state index contributed by atoms with van der Waals surface area (Å²) in [5.74, 6) is 7.05. The van der Waals surface area contributed by atoms with E-state index in [9.17, 15) is 0 Å². The number of hydrogen-bond acceptors (Lipinski definition) is 4. The van der Waals surface area contributed by atoms with E-state index in [1.54, 1.807) is 0 Å². The maximum absolute atomic E-state index is 6.16. The van der Waals surface area contributed by atoms with Gasteiger partial charge in [-0.25, -0.2) is 0 Å². The van der Waals surface area contributed by atoms with E-state index in [4.69, 9.17) is 15.3 Å². The largest absolute Gasteiger partial charge is 0.494 e. The molecular weight excluding hydrogens is 264 g/mol. The van der Waals surface area contributed by atoms with E-state index in [1.807, 2.05) is 30.3 Å². The molecule has 3 N–H and O–H groups in total. The molecule has 1 aromatic rings. The first-order chi connectivity index (χ1) is 9.84. The summed E-state index contributed by atoms with van der Waals surface area (Å²) in [5, 5.41) is 0. The Hall–Kier alpha value is -1.10. The average molecular weight is 292 g/mol. The predicted octanol–water partition coefficient (Wildman–Crippen LogP) is 2.88. The van der Waals surface area contributed by atoms with Crippen LogP contribution in [0.25, 0.3) is 0 Å². The molecule has 0 spiro atoms. The summed E-state index contributed by atoms with van der Waals surface area (Å²) < 4.78 is 11.9. The Morgan fingerprint density at radius 3 is 2.48 bits per heavy atom. The van der Waals surface area contributed by atoms with Crippen molar-refractivity contribution in [3.8, 4) is 5.75 Å². The van der Waals surface area contributed by atoms with Gasteiger partial charge in [0.05, 0.1) is 17.8 Å². The molecule has 4 heteroatoms. The fourth-order valence-corrected chi connectivity index (χ4v) is 3.45. The molecule has 118 valence electrons. The molecule has 0 saturated carbocycles. The predicted molar refractivity (Wildman–Crippen MR) is 85.0 cm³/mol. The van der Waals surface area contributed by atoms with E-state index in [0.29, 0.717) is 12.5 Å². The van der Waals surface area contributed by atoms with Crippen molar-refractivity contribution < 1.29 is 9.47 Å². The second kappa shape index (κ2) is 6.34. The van der Waals surface area contributed by atoms with Crippen molar-refractivity contribution in [1.82, 2.24) is 5.43 Å². The lowest BCUT2D eigenvalue weighted by atomic mass is 9.81. The highest BCUT2D eigenvalue weighted by molar-refractivity contribution is 5.20. The van der Waals surface area contributed by atoms with E-state index in [2.05, 4.69) is 33.1 Å². The third kappa shape index (κ3) is 4.19. The van der Waals surface area contributed by atoms with Crippen molar-refractivity contribution in [1.29, 1.82) is 0 Å². The van der Waals surface area contributed by atoms with Gasteiger partial charge in [-0.05, 0) is 52.7 Å². The lowest BCUT2D eigenvalue weighted by Gasteiger charge is -2.32. The molecule has 1 fully saturated rings. The molecule has 0 aromatic heterocycles. The summed E-state index contributed by atoms with van der Waals surface area (Å²) in [6.45, 7) is 9.22. The molecule has 2 atom stereocenters.